The van der Waals surface area contributed by atoms with Crippen molar-refractivity contribution in [3.8, 4) is 11.3 Å². The highest BCUT2D eigenvalue weighted by molar-refractivity contribution is 6.01. The minimum Gasteiger partial charge on any atom is -0.311 e. The Hall–Kier alpha value is -2.69. The SMILES string of the molecule is CCN1C(=O)CN(Cc2ccc(-c3cccc(CC4CCCCC4)n3)cc2)C1=O. The van der Waals surface area contributed by atoms with Crippen LogP contribution in [0.2, 0.25) is 0 Å². The number of likely N-dealkylation sites (N-methyl/N-ethyl adjacent to an activating group) is 1. The first kappa shape index (κ1) is 19.6. The van der Waals surface area contributed by atoms with Gasteiger partial charge in [-0.1, -0.05) is 62.4 Å². The van der Waals surface area contributed by atoms with Crippen molar-refractivity contribution >= 4 is 11.9 Å². The molecule has 0 unspecified atom stereocenters. The smallest absolute Gasteiger partial charge is 0.311 e. The predicted octanol–water partition coefficient (Wildman–Crippen LogP) is 4.66. The molecule has 2 aliphatic rings. The van der Waals surface area contributed by atoms with Crippen LogP contribution in [0, 0.1) is 5.92 Å². The summed E-state index contributed by atoms with van der Waals surface area (Å²) in [4.78, 5) is 31.9. The second-order valence-corrected chi connectivity index (χ2v) is 8.20. The Morgan fingerprint density at radius 3 is 2.45 bits per heavy atom. The summed E-state index contributed by atoms with van der Waals surface area (Å²) in [7, 11) is 0. The number of carbonyl (C=O) groups excluding carboxylic acids is 2. The first-order valence-electron chi connectivity index (χ1n) is 10.8. The van der Waals surface area contributed by atoms with Crippen LogP contribution < -0.4 is 0 Å². The molecule has 0 atom stereocenters. The Labute approximate surface area is 172 Å². The third kappa shape index (κ3) is 4.50. The van der Waals surface area contributed by atoms with Crippen LogP contribution in [0.15, 0.2) is 42.5 Å². The molecule has 2 aromatic rings. The van der Waals surface area contributed by atoms with E-state index in [1.807, 2.05) is 19.1 Å². The van der Waals surface area contributed by atoms with E-state index < -0.39 is 0 Å². The van der Waals surface area contributed by atoms with Gasteiger partial charge in [-0.2, -0.15) is 0 Å². The number of urea groups is 1. The number of nitrogens with zero attached hydrogens (tertiary/aromatic N) is 3. The molecule has 0 radical (unpaired) electrons. The van der Waals surface area contributed by atoms with Crippen molar-refractivity contribution in [1.29, 1.82) is 0 Å². The van der Waals surface area contributed by atoms with Crippen LogP contribution >= 0.6 is 0 Å². The number of imide groups is 1. The summed E-state index contributed by atoms with van der Waals surface area (Å²) in [6, 6.07) is 14.3. The van der Waals surface area contributed by atoms with Crippen LogP contribution in [0.4, 0.5) is 4.79 Å². The molecule has 1 aromatic heterocycles. The number of hydrogen-bond acceptors (Lipinski definition) is 3. The van der Waals surface area contributed by atoms with Crippen molar-refractivity contribution in [2.45, 2.75) is 52.0 Å². The number of aromatic nitrogens is 1. The molecule has 29 heavy (non-hydrogen) atoms. The van der Waals surface area contributed by atoms with Crippen molar-refractivity contribution in [2.75, 3.05) is 13.1 Å². The van der Waals surface area contributed by atoms with Gasteiger partial charge in [0.25, 0.3) is 0 Å². The Morgan fingerprint density at radius 2 is 1.76 bits per heavy atom. The van der Waals surface area contributed by atoms with Crippen LogP contribution in [0.1, 0.15) is 50.3 Å². The first-order chi connectivity index (χ1) is 14.1. The number of pyridine rings is 1. The molecule has 5 heteroatoms. The molecule has 0 N–H and O–H groups in total. The van der Waals surface area contributed by atoms with Crippen LogP contribution in [0.3, 0.4) is 0 Å². The highest BCUT2D eigenvalue weighted by Gasteiger charge is 2.34. The second kappa shape index (κ2) is 8.76. The van der Waals surface area contributed by atoms with E-state index in [1.165, 1.54) is 42.7 Å². The fourth-order valence-electron chi connectivity index (χ4n) is 4.47. The van der Waals surface area contributed by atoms with Crippen LogP contribution in [0.25, 0.3) is 11.3 Å². The van der Waals surface area contributed by atoms with Gasteiger partial charge in [0, 0.05) is 24.3 Å². The molecule has 3 amide bonds. The quantitative estimate of drug-likeness (QED) is 0.673. The monoisotopic (exact) mass is 391 g/mol. The standard InChI is InChI=1S/C24H29N3O2/c1-2-27-23(28)17-26(24(27)29)16-19-11-13-20(14-12-19)22-10-6-9-21(25-22)15-18-7-4-3-5-8-18/h6,9-14,18H,2-5,7-8,15-17H2,1H3. The third-order valence-corrected chi connectivity index (χ3v) is 6.10. The fraction of sp³-hybridized carbons (Fsp3) is 0.458. The lowest BCUT2D eigenvalue weighted by Gasteiger charge is -2.21. The van der Waals surface area contributed by atoms with E-state index >= 15 is 0 Å². The van der Waals surface area contributed by atoms with Crippen molar-refractivity contribution in [3.05, 3.63) is 53.7 Å². The summed E-state index contributed by atoms with van der Waals surface area (Å²) in [6.07, 6.45) is 7.82. The van der Waals surface area contributed by atoms with E-state index in [4.69, 9.17) is 4.98 Å². The van der Waals surface area contributed by atoms with Crippen molar-refractivity contribution in [1.82, 2.24) is 14.8 Å². The normalized spacial score (nSPS) is 18.0. The van der Waals surface area contributed by atoms with Crippen molar-refractivity contribution < 1.29 is 9.59 Å². The number of carbonyl (C=O) groups is 2. The zero-order chi connectivity index (χ0) is 20.2. The third-order valence-electron chi connectivity index (χ3n) is 6.10. The van der Waals surface area contributed by atoms with Gasteiger partial charge in [0.05, 0.1) is 5.69 Å². The molecule has 4 rings (SSSR count). The minimum absolute atomic E-state index is 0.117. The van der Waals surface area contributed by atoms with Gasteiger partial charge in [-0.05, 0) is 37.0 Å². The average Bonchev–Trinajstić information content (AvgIpc) is 3.02. The summed E-state index contributed by atoms with van der Waals surface area (Å²) in [5, 5.41) is 0. The van der Waals surface area contributed by atoms with E-state index in [1.54, 1.807) is 4.90 Å². The Kier molecular flexibility index (Phi) is 5.93. The van der Waals surface area contributed by atoms with Gasteiger partial charge in [0.2, 0.25) is 5.91 Å². The summed E-state index contributed by atoms with van der Waals surface area (Å²) in [6.45, 7) is 2.87. The van der Waals surface area contributed by atoms with E-state index in [2.05, 4.69) is 30.3 Å². The lowest BCUT2D eigenvalue weighted by Crippen LogP contribution is -2.32. The van der Waals surface area contributed by atoms with Gasteiger partial charge >= 0.3 is 6.03 Å². The van der Waals surface area contributed by atoms with Gasteiger partial charge in [0.1, 0.15) is 6.54 Å². The van der Waals surface area contributed by atoms with Crippen molar-refractivity contribution in [2.24, 2.45) is 5.92 Å². The zero-order valence-electron chi connectivity index (χ0n) is 17.1. The number of hydrogen-bond donors (Lipinski definition) is 0. The Balaban J connectivity index is 1.42. The lowest BCUT2D eigenvalue weighted by molar-refractivity contribution is -0.125. The largest absolute Gasteiger partial charge is 0.327 e. The van der Waals surface area contributed by atoms with Gasteiger partial charge in [-0.3, -0.25) is 14.7 Å². The predicted molar refractivity (Wildman–Crippen MR) is 113 cm³/mol. The molecule has 1 aromatic carbocycles. The van der Waals surface area contributed by atoms with E-state index in [0.29, 0.717) is 13.1 Å². The second-order valence-electron chi connectivity index (χ2n) is 8.20. The molecule has 1 saturated heterocycles. The maximum Gasteiger partial charge on any atom is 0.327 e. The molecule has 1 saturated carbocycles. The highest BCUT2D eigenvalue weighted by Crippen LogP contribution is 2.27. The number of rotatable bonds is 6. The topological polar surface area (TPSA) is 53.5 Å². The van der Waals surface area contributed by atoms with E-state index in [-0.39, 0.29) is 18.5 Å². The van der Waals surface area contributed by atoms with Gasteiger partial charge < -0.3 is 4.90 Å². The molecule has 152 valence electrons. The Morgan fingerprint density at radius 1 is 1.00 bits per heavy atom. The van der Waals surface area contributed by atoms with Crippen LogP contribution in [-0.2, 0) is 17.8 Å². The minimum atomic E-state index is -0.196. The van der Waals surface area contributed by atoms with E-state index in [9.17, 15) is 9.59 Å². The molecule has 1 aliphatic heterocycles. The summed E-state index contributed by atoms with van der Waals surface area (Å²) >= 11 is 0. The molecule has 2 fully saturated rings. The molecular weight excluding hydrogens is 362 g/mol. The fourth-order valence-corrected chi connectivity index (χ4v) is 4.47. The van der Waals surface area contributed by atoms with Crippen molar-refractivity contribution in [3.63, 3.8) is 0 Å². The van der Waals surface area contributed by atoms with E-state index in [0.717, 1.165) is 29.2 Å². The van der Waals surface area contributed by atoms with Gasteiger partial charge in [-0.25, -0.2) is 4.79 Å². The highest BCUT2D eigenvalue weighted by atomic mass is 16.2. The molecule has 0 bridgehead atoms. The Bertz CT molecular complexity index is 872. The lowest BCUT2D eigenvalue weighted by atomic mass is 9.86. The summed E-state index contributed by atoms with van der Waals surface area (Å²) < 4.78 is 0. The summed E-state index contributed by atoms with van der Waals surface area (Å²) in [5.41, 5.74) is 4.28. The number of benzene rings is 1. The molecule has 2 heterocycles. The summed E-state index contributed by atoms with van der Waals surface area (Å²) in [5.74, 6) is 0.658. The maximum absolute atomic E-state index is 12.3. The molecular formula is C24H29N3O2. The van der Waals surface area contributed by atoms with Crippen LogP contribution in [-0.4, -0.2) is 39.8 Å². The molecule has 0 spiro atoms. The number of amides is 3. The first-order valence-corrected chi connectivity index (χ1v) is 10.8. The average molecular weight is 392 g/mol. The van der Waals surface area contributed by atoms with Crippen LogP contribution in [0.5, 0.6) is 0 Å². The molecule has 5 nitrogen and oxygen atoms in total. The zero-order valence-corrected chi connectivity index (χ0v) is 17.1. The van der Waals surface area contributed by atoms with Gasteiger partial charge in [-0.15, -0.1) is 0 Å². The maximum atomic E-state index is 12.3. The molecule has 1 aliphatic carbocycles. The van der Waals surface area contributed by atoms with Gasteiger partial charge in [0.15, 0.2) is 0 Å².